The highest BCUT2D eigenvalue weighted by molar-refractivity contribution is 5.76. The van der Waals surface area contributed by atoms with Gasteiger partial charge in [-0.3, -0.25) is 4.79 Å². The zero-order valence-corrected chi connectivity index (χ0v) is 8.52. The second kappa shape index (κ2) is 7.14. The molecule has 1 unspecified atom stereocenters. The van der Waals surface area contributed by atoms with E-state index in [9.17, 15) is 4.79 Å². The Morgan fingerprint density at radius 3 is 2.33 bits per heavy atom. The van der Waals surface area contributed by atoms with E-state index in [-0.39, 0.29) is 5.91 Å². The van der Waals surface area contributed by atoms with Gasteiger partial charge >= 0.3 is 0 Å². The molecule has 0 saturated heterocycles. The maximum atomic E-state index is 11.2. The van der Waals surface area contributed by atoms with Crippen molar-refractivity contribution in [1.82, 2.24) is 5.32 Å². The fraction of sp³-hybridized carbons (Fsp3) is 0.900. The van der Waals surface area contributed by atoms with Crippen LogP contribution in [0.5, 0.6) is 0 Å². The quantitative estimate of drug-likeness (QED) is 0.653. The number of hydrogen-bond donors (Lipinski definition) is 1. The van der Waals surface area contributed by atoms with E-state index in [2.05, 4.69) is 19.2 Å². The summed E-state index contributed by atoms with van der Waals surface area (Å²) in [6.45, 7) is 6.29. The fourth-order valence-electron chi connectivity index (χ4n) is 1.25. The van der Waals surface area contributed by atoms with Crippen molar-refractivity contribution in [2.75, 3.05) is 0 Å². The Hall–Kier alpha value is -0.530. The molecule has 0 spiro atoms. The van der Waals surface area contributed by atoms with Crippen LogP contribution in [0, 0.1) is 0 Å². The van der Waals surface area contributed by atoms with Crippen molar-refractivity contribution >= 4 is 5.91 Å². The van der Waals surface area contributed by atoms with Gasteiger partial charge in [0.2, 0.25) is 5.91 Å². The minimum absolute atomic E-state index is 0.206. The zero-order valence-electron chi connectivity index (χ0n) is 8.52. The van der Waals surface area contributed by atoms with Gasteiger partial charge < -0.3 is 5.32 Å². The van der Waals surface area contributed by atoms with Gasteiger partial charge in [0.1, 0.15) is 0 Å². The highest BCUT2D eigenvalue weighted by atomic mass is 16.1. The summed E-state index contributed by atoms with van der Waals surface area (Å²) < 4.78 is 0. The van der Waals surface area contributed by atoms with Crippen molar-refractivity contribution in [3.63, 3.8) is 0 Å². The van der Waals surface area contributed by atoms with E-state index in [0.29, 0.717) is 12.5 Å². The molecule has 0 fully saturated rings. The first-order valence-corrected chi connectivity index (χ1v) is 5.03. The first-order chi connectivity index (χ1) is 5.74. The van der Waals surface area contributed by atoms with Crippen molar-refractivity contribution in [2.24, 2.45) is 0 Å². The number of carbonyl (C=O) groups excluding carboxylic acids is 1. The Morgan fingerprint density at radius 1 is 1.25 bits per heavy atom. The van der Waals surface area contributed by atoms with Gasteiger partial charge in [-0.1, -0.05) is 27.2 Å². The molecule has 12 heavy (non-hydrogen) atoms. The van der Waals surface area contributed by atoms with Crippen LogP contribution < -0.4 is 5.32 Å². The SMILES string of the molecule is CCCC(=O)NC(CC)CCC. The summed E-state index contributed by atoms with van der Waals surface area (Å²) in [5.41, 5.74) is 0. The lowest BCUT2D eigenvalue weighted by Crippen LogP contribution is -2.33. The highest BCUT2D eigenvalue weighted by Crippen LogP contribution is 2.01. The Morgan fingerprint density at radius 2 is 1.92 bits per heavy atom. The first kappa shape index (κ1) is 11.5. The number of nitrogens with one attached hydrogen (secondary N) is 1. The van der Waals surface area contributed by atoms with Gasteiger partial charge in [-0.05, 0) is 19.3 Å². The predicted molar refractivity (Wildman–Crippen MR) is 52.0 cm³/mol. The third-order valence-corrected chi connectivity index (χ3v) is 1.97. The second-order valence-electron chi connectivity index (χ2n) is 3.21. The Balaban J connectivity index is 3.61. The molecule has 1 N–H and O–H groups in total. The van der Waals surface area contributed by atoms with Crippen molar-refractivity contribution in [1.29, 1.82) is 0 Å². The van der Waals surface area contributed by atoms with Crippen LogP contribution in [0.15, 0.2) is 0 Å². The van der Waals surface area contributed by atoms with Crippen LogP contribution in [0.3, 0.4) is 0 Å². The lowest BCUT2D eigenvalue weighted by molar-refractivity contribution is -0.121. The largest absolute Gasteiger partial charge is 0.353 e. The Labute approximate surface area is 75.7 Å². The normalized spacial score (nSPS) is 12.6. The van der Waals surface area contributed by atoms with Crippen molar-refractivity contribution < 1.29 is 4.79 Å². The van der Waals surface area contributed by atoms with Gasteiger partial charge in [-0.25, -0.2) is 0 Å². The van der Waals surface area contributed by atoms with Crippen LogP contribution in [0.4, 0.5) is 0 Å². The third kappa shape index (κ3) is 5.16. The van der Waals surface area contributed by atoms with E-state index < -0.39 is 0 Å². The maximum Gasteiger partial charge on any atom is 0.220 e. The highest BCUT2D eigenvalue weighted by Gasteiger charge is 2.07. The zero-order chi connectivity index (χ0) is 9.40. The van der Waals surface area contributed by atoms with E-state index in [1.807, 2.05) is 6.92 Å². The molecular formula is C10H21NO. The minimum Gasteiger partial charge on any atom is -0.353 e. The van der Waals surface area contributed by atoms with Crippen molar-refractivity contribution in [3.05, 3.63) is 0 Å². The first-order valence-electron chi connectivity index (χ1n) is 5.03. The predicted octanol–water partition coefficient (Wildman–Crippen LogP) is 2.48. The molecule has 0 aliphatic heterocycles. The van der Waals surface area contributed by atoms with E-state index in [0.717, 1.165) is 25.7 Å². The molecule has 0 aliphatic rings. The van der Waals surface area contributed by atoms with Crippen LogP contribution >= 0.6 is 0 Å². The lowest BCUT2D eigenvalue weighted by atomic mass is 10.1. The number of rotatable bonds is 6. The summed E-state index contributed by atoms with van der Waals surface area (Å²) in [6.07, 6.45) is 4.90. The van der Waals surface area contributed by atoms with Crippen molar-refractivity contribution in [2.45, 2.75) is 58.9 Å². The standard InChI is InChI=1S/C10H21NO/c1-4-7-9(6-3)11-10(12)8-5-2/h9H,4-8H2,1-3H3,(H,11,12). The average Bonchev–Trinajstić information content (AvgIpc) is 2.04. The van der Waals surface area contributed by atoms with Gasteiger partial charge in [-0.15, -0.1) is 0 Å². The van der Waals surface area contributed by atoms with Gasteiger partial charge in [0.05, 0.1) is 0 Å². The van der Waals surface area contributed by atoms with Gasteiger partial charge in [-0.2, -0.15) is 0 Å². The molecule has 0 saturated carbocycles. The van der Waals surface area contributed by atoms with E-state index in [1.54, 1.807) is 0 Å². The molecule has 0 aromatic carbocycles. The van der Waals surface area contributed by atoms with Crippen LogP contribution in [0.1, 0.15) is 52.9 Å². The second-order valence-corrected chi connectivity index (χ2v) is 3.21. The molecule has 0 radical (unpaired) electrons. The molecule has 0 rings (SSSR count). The number of carbonyl (C=O) groups is 1. The monoisotopic (exact) mass is 171 g/mol. The molecule has 0 aromatic heterocycles. The fourth-order valence-corrected chi connectivity index (χ4v) is 1.25. The topological polar surface area (TPSA) is 29.1 Å². The number of amides is 1. The molecule has 0 heterocycles. The van der Waals surface area contributed by atoms with Crippen LogP contribution in [-0.2, 0) is 4.79 Å². The van der Waals surface area contributed by atoms with Gasteiger partial charge in [0.25, 0.3) is 0 Å². The maximum absolute atomic E-state index is 11.2. The third-order valence-electron chi connectivity index (χ3n) is 1.97. The van der Waals surface area contributed by atoms with Crippen LogP contribution in [-0.4, -0.2) is 11.9 Å². The molecule has 0 aromatic rings. The lowest BCUT2D eigenvalue weighted by Gasteiger charge is -2.15. The molecule has 1 amide bonds. The molecule has 0 aliphatic carbocycles. The van der Waals surface area contributed by atoms with Crippen LogP contribution in [0.2, 0.25) is 0 Å². The van der Waals surface area contributed by atoms with E-state index in [4.69, 9.17) is 0 Å². The van der Waals surface area contributed by atoms with Crippen LogP contribution in [0.25, 0.3) is 0 Å². The summed E-state index contributed by atoms with van der Waals surface area (Å²) in [6, 6.07) is 0.397. The van der Waals surface area contributed by atoms with Crippen molar-refractivity contribution in [3.8, 4) is 0 Å². The molecule has 2 nitrogen and oxygen atoms in total. The Kier molecular flexibility index (Phi) is 6.82. The summed E-state index contributed by atoms with van der Waals surface area (Å²) in [5, 5.41) is 3.03. The van der Waals surface area contributed by atoms with E-state index >= 15 is 0 Å². The van der Waals surface area contributed by atoms with E-state index in [1.165, 1.54) is 0 Å². The number of hydrogen-bond acceptors (Lipinski definition) is 1. The van der Waals surface area contributed by atoms with Gasteiger partial charge in [0, 0.05) is 12.5 Å². The smallest absolute Gasteiger partial charge is 0.220 e. The summed E-state index contributed by atoms with van der Waals surface area (Å²) in [5.74, 6) is 0.206. The molecule has 1 atom stereocenters. The molecule has 2 heteroatoms. The minimum atomic E-state index is 0.206. The molecule has 0 bridgehead atoms. The molecular weight excluding hydrogens is 150 g/mol. The summed E-state index contributed by atoms with van der Waals surface area (Å²) >= 11 is 0. The summed E-state index contributed by atoms with van der Waals surface area (Å²) in [4.78, 5) is 11.2. The molecule has 72 valence electrons. The average molecular weight is 171 g/mol. The summed E-state index contributed by atoms with van der Waals surface area (Å²) in [7, 11) is 0. The Bertz CT molecular complexity index is 123. The van der Waals surface area contributed by atoms with Gasteiger partial charge in [0.15, 0.2) is 0 Å².